The van der Waals surface area contributed by atoms with Crippen LogP contribution < -0.4 is 4.74 Å². The summed E-state index contributed by atoms with van der Waals surface area (Å²) in [7, 11) is 1.46. The van der Waals surface area contributed by atoms with Crippen molar-refractivity contribution in [3.63, 3.8) is 0 Å². The summed E-state index contributed by atoms with van der Waals surface area (Å²) in [6.45, 7) is 0. The highest BCUT2D eigenvalue weighted by Gasteiger charge is 2.13. The molecular formula is C12H10BrNO4S. The Balaban J connectivity index is 2.39. The van der Waals surface area contributed by atoms with E-state index in [1.54, 1.807) is 17.5 Å². The molecule has 5 nitrogen and oxygen atoms in total. The summed E-state index contributed by atoms with van der Waals surface area (Å²) in [4.78, 5) is 14.9. The Morgan fingerprint density at radius 2 is 2.26 bits per heavy atom. The smallest absolute Gasteiger partial charge is 0.309 e. The number of halogens is 1. The van der Waals surface area contributed by atoms with Crippen LogP contribution in [0.1, 0.15) is 5.69 Å². The first kappa shape index (κ1) is 13.8. The van der Waals surface area contributed by atoms with Gasteiger partial charge in [0.15, 0.2) is 11.5 Å². The number of ether oxygens (including phenoxy) is 1. The van der Waals surface area contributed by atoms with Gasteiger partial charge >= 0.3 is 5.97 Å². The zero-order valence-electron chi connectivity index (χ0n) is 9.88. The molecular weight excluding hydrogens is 334 g/mol. The lowest BCUT2D eigenvalue weighted by Crippen LogP contribution is -1.99. The molecule has 2 rings (SSSR count). The molecule has 0 fully saturated rings. The van der Waals surface area contributed by atoms with Gasteiger partial charge in [0, 0.05) is 10.9 Å². The second kappa shape index (κ2) is 5.58. The summed E-state index contributed by atoms with van der Waals surface area (Å²) in [6, 6.07) is 3.37. The zero-order valence-corrected chi connectivity index (χ0v) is 12.3. The molecule has 0 amide bonds. The van der Waals surface area contributed by atoms with E-state index < -0.39 is 5.97 Å². The van der Waals surface area contributed by atoms with Crippen LogP contribution in [0.15, 0.2) is 22.0 Å². The normalized spacial score (nSPS) is 10.4. The highest BCUT2D eigenvalue weighted by molar-refractivity contribution is 9.10. The molecule has 0 unspecified atom stereocenters. The molecule has 19 heavy (non-hydrogen) atoms. The summed E-state index contributed by atoms with van der Waals surface area (Å²) in [6.07, 6.45) is -0.104. The lowest BCUT2D eigenvalue weighted by atomic mass is 10.2. The van der Waals surface area contributed by atoms with E-state index >= 15 is 0 Å². The zero-order chi connectivity index (χ0) is 14.0. The molecule has 2 N–H and O–H groups in total. The summed E-state index contributed by atoms with van der Waals surface area (Å²) in [5.74, 6) is -0.561. The molecule has 1 aromatic carbocycles. The predicted molar refractivity (Wildman–Crippen MR) is 74.8 cm³/mol. The molecule has 1 heterocycles. The number of aliphatic carboxylic acids is 1. The Bertz CT molecular complexity index is 626. The minimum atomic E-state index is -0.915. The largest absolute Gasteiger partial charge is 0.503 e. The molecule has 0 spiro atoms. The van der Waals surface area contributed by atoms with Gasteiger partial charge in [-0.1, -0.05) is 0 Å². The number of carboxylic acids is 1. The van der Waals surface area contributed by atoms with Crippen molar-refractivity contribution in [1.82, 2.24) is 4.98 Å². The third-order valence-corrected chi connectivity index (χ3v) is 3.92. The fraction of sp³-hybridized carbons (Fsp3) is 0.167. The summed E-state index contributed by atoms with van der Waals surface area (Å²) in [5, 5.41) is 20.8. The maximum absolute atomic E-state index is 10.6. The third kappa shape index (κ3) is 3.05. The van der Waals surface area contributed by atoms with Crippen LogP contribution in [-0.2, 0) is 11.2 Å². The van der Waals surface area contributed by atoms with Gasteiger partial charge in [-0.05, 0) is 28.1 Å². The average Bonchev–Trinajstić information content (AvgIpc) is 2.80. The van der Waals surface area contributed by atoms with Crippen LogP contribution >= 0.6 is 27.3 Å². The predicted octanol–water partition coefficient (Wildman–Crippen LogP) is 2.91. The Hall–Kier alpha value is -1.60. The van der Waals surface area contributed by atoms with Crippen LogP contribution in [0.4, 0.5) is 0 Å². The number of phenolic OH excluding ortho intramolecular Hbond substituents is 1. The van der Waals surface area contributed by atoms with Crippen molar-refractivity contribution in [2.45, 2.75) is 6.42 Å². The van der Waals surface area contributed by atoms with E-state index in [0.717, 1.165) is 5.56 Å². The molecule has 0 bridgehead atoms. The van der Waals surface area contributed by atoms with Crippen LogP contribution in [0.5, 0.6) is 11.5 Å². The van der Waals surface area contributed by atoms with Crippen molar-refractivity contribution >= 4 is 33.2 Å². The van der Waals surface area contributed by atoms with Gasteiger partial charge in [0.1, 0.15) is 5.01 Å². The maximum atomic E-state index is 10.6. The van der Waals surface area contributed by atoms with Crippen molar-refractivity contribution in [2.24, 2.45) is 0 Å². The van der Waals surface area contributed by atoms with Crippen molar-refractivity contribution in [2.75, 3.05) is 7.11 Å². The average molecular weight is 344 g/mol. The molecule has 0 saturated heterocycles. The standard InChI is InChI=1S/C12H10BrNO4S/c1-18-9-3-6(2-8(13)11(9)17)12-14-7(5-19-12)4-10(15)16/h2-3,5,17H,4H2,1H3,(H,15,16). The topological polar surface area (TPSA) is 79.7 Å². The van der Waals surface area contributed by atoms with Crippen molar-refractivity contribution in [1.29, 1.82) is 0 Å². The second-order valence-corrected chi connectivity index (χ2v) is 5.44. The van der Waals surface area contributed by atoms with Gasteiger partial charge in [0.25, 0.3) is 0 Å². The number of rotatable bonds is 4. The SMILES string of the molecule is COc1cc(-c2nc(CC(=O)O)cs2)cc(Br)c1O. The fourth-order valence-electron chi connectivity index (χ4n) is 1.53. The number of nitrogens with zero attached hydrogens (tertiary/aromatic N) is 1. The van der Waals surface area contributed by atoms with Gasteiger partial charge in [-0.2, -0.15) is 0 Å². The molecule has 0 atom stereocenters. The van der Waals surface area contributed by atoms with Crippen LogP contribution in [0.2, 0.25) is 0 Å². The van der Waals surface area contributed by atoms with E-state index in [1.165, 1.54) is 18.4 Å². The monoisotopic (exact) mass is 343 g/mol. The molecule has 0 aliphatic carbocycles. The van der Waals surface area contributed by atoms with Crippen LogP contribution in [-0.4, -0.2) is 28.3 Å². The van der Waals surface area contributed by atoms with E-state index in [-0.39, 0.29) is 12.2 Å². The number of methoxy groups -OCH3 is 1. The number of aromatic hydroxyl groups is 1. The summed E-state index contributed by atoms with van der Waals surface area (Å²) >= 11 is 4.58. The Labute approximate surface area is 121 Å². The molecule has 1 aromatic heterocycles. The Morgan fingerprint density at radius 3 is 2.89 bits per heavy atom. The first-order valence-electron chi connectivity index (χ1n) is 5.24. The minimum Gasteiger partial charge on any atom is -0.503 e. The lowest BCUT2D eigenvalue weighted by Gasteiger charge is -2.07. The number of aromatic nitrogens is 1. The molecule has 0 saturated carbocycles. The number of carboxylic acid groups (broad SMARTS) is 1. The van der Waals surface area contributed by atoms with E-state index in [4.69, 9.17) is 9.84 Å². The maximum Gasteiger partial charge on any atom is 0.309 e. The van der Waals surface area contributed by atoms with Gasteiger partial charge < -0.3 is 14.9 Å². The van der Waals surface area contributed by atoms with E-state index in [9.17, 15) is 9.90 Å². The molecule has 0 aliphatic heterocycles. The lowest BCUT2D eigenvalue weighted by molar-refractivity contribution is -0.136. The minimum absolute atomic E-state index is 0.0218. The number of thiazole rings is 1. The molecule has 2 aromatic rings. The van der Waals surface area contributed by atoms with Gasteiger partial charge in [0.05, 0.1) is 23.7 Å². The number of benzene rings is 1. The summed E-state index contributed by atoms with van der Waals surface area (Å²) < 4.78 is 5.56. The second-order valence-electron chi connectivity index (χ2n) is 3.72. The van der Waals surface area contributed by atoms with E-state index in [1.807, 2.05) is 0 Å². The van der Waals surface area contributed by atoms with Gasteiger partial charge in [-0.15, -0.1) is 11.3 Å². The molecule has 0 aliphatic rings. The molecule has 100 valence electrons. The van der Waals surface area contributed by atoms with Gasteiger partial charge in [-0.25, -0.2) is 4.98 Å². The Morgan fingerprint density at radius 1 is 1.53 bits per heavy atom. The molecule has 7 heteroatoms. The van der Waals surface area contributed by atoms with Crippen molar-refractivity contribution in [3.05, 3.63) is 27.7 Å². The van der Waals surface area contributed by atoms with E-state index in [0.29, 0.717) is 20.9 Å². The van der Waals surface area contributed by atoms with Gasteiger partial charge in [-0.3, -0.25) is 4.79 Å². The highest BCUT2D eigenvalue weighted by atomic mass is 79.9. The first-order chi connectivity index (χ1) is 9.01. The Kier molecular flexibility index (Phi) is 4.06. The van der Waals surface area contributed by atoms with Crippen LogP contribution in [0.25, 0.3) is 10.6 Å². The summed E-state index contributed by atoms with van der Waals surface area (Å²) in [5.41, 5.74) is 1.26. The van der Waals surface area contributed by atoms with Crippen LogP contribution in [0, 0.1) is 0 Å². The van der Waals surface area contributed by atoms with Gasteiger partial charge in [0.2, 0.25) is 0 Å². The number of phenols is 1. The van der Waals surface area contributed by atoms with Crippen molar-refractivity contribution in [3.8, 4) is 22.1 Å². The molecule has 0 radical (unpaired) electrons. The highest BCUT2D eigenvalue weighted by Crippen LogP contribution is 2.39. The van der Waals surface area contributed by atoms with Crippen LogP contribution in [0.3, 0.4) is 0 Å². The number of carbonyl (C=O) groups is 1. The number of hydrogen-bond donors (Lipinski definition) is 2. The number of hydrogen-bond acceptors (Lipinski definition) is 5. The fourth-order valence-corrected chi connectivity index (χ4v) is 2.78. The third-order valence-electron chi connectivity index (χ3n) is 2.38. The van der Waals surface area contributed by atoms with Crippen molar-refractivity contribution < 1.29 is 19.7 Å². The quantitative estimate of drug-likeness (QED) is 0.892. The van der Waals surface area contributed by atoms with E-state index in [2.05, 4.69) is 20.9 Å². The first-order valence-corrected chi connectivity index (χ1v) is 6.91.